The molecule has 2 N–H and O–H groups in total. The third kappa shape index (κ3) is 2.33. The van der Waals surface area contributed by atoms with Gasteiger partial charge in [0.05, 0.1) is 19.2 Å². The zero-order valence-corrected chi connectivity index (χ0v) is 6.10. The Morgan fingerprint density at radius 1 is 1.33 bits per heavy atom. The third-order valence-corrected chi connectivity index (χ3v) is 1.96. The topological polar surface area (TPSA) is 25.8 Å². The zero-order valence-electron chi connectivity index (χ0n) is 6.10. The first-order chi connectivity index (χ1) is 4.43. The van der Waals surface area contributed by atoms with Crippen LogP contribution in [0.5, 0.6) is 0 Å². The Labute approximate surface area is 56.6 Å². The Morgan fingerprint density at radius 2 is 2.22 bits per heavy atom. The quantitative estimate of drug-likeness (QED) is 0.520. The summed E-state index contributed by atoms with van der Waals surface area (Å²) in [6.45, 7) is 2.54. The highest BCUT2D eigenvalue weighted by Gasteiger charge is 2.11. The van der Waals surface area contributed by atoms with Crippen molar-refractivity contribution in [2.45, 2.75) is 25.4 Å². The first-order valence-electron chi connectivity index (χ1n) is 3.78. The van der Waals surface area contributed by atoms with Crippen LogP contribution in [-0.2, 0) is 4.74 Å². The summed E-state index contributed by atoms with van der Waals surface area (Å²) in [5, 5.41) is 2.37. The number of hydrogen-bond donors (Lipinski definition) is 1. The minimum atomic E-state index is 0.545. The zero-order chi connectivity index (χ0) is 6.53. The van der Waals surface area contributed by atoms with E-state index in [0.29, 0.717) is 6.10 Å². The van der Waals surface area contributed by atoms with E-state index in [2.05, 4.69) is 5.32 Å². The number of hydrogen-bond acceptors (Lipinski definition) is 1. The summed E-state index contributed by atoms with van der Waals surface area (Å²) < 4.78 is 5.25. The summed E-state index contributed by atoms with van der Waals surface area (Å²) in [5.74, 6) is 0. The fourth-order valence-electron chi connectivity index (χ4n) is 1.32. The van der Waals surface area contributed by atoms with Crippen molar-refractivity contribution in [1.29, 1.82) is 0 Å². The lowest BCUT2D eigenvalue weighted by molar-refractivity contribution is -0.653. The van der Waals surface area contributed by atoms with Crippen LogP contribution in [0.15, 0.2) is 0 Å². The molecule has 1 fully saturated rings. The maximum absolute atomic E-state index is 5.25. The van der Waals surface area contributed by atoms with Gasteiger partial charge in [-0.05, 0) is 12.8 Å². The summed E-state index contributed by atoms with van der Waals surface area (Å²) in [4.78, 5) is 0. The van der Waals surface area contributed by atoms with Gasteiger partial charge in [-0.1, -0.05) is 0 Å². The van der Waals surface area contributed by atoms with Crippen molar-refractivity contribution in [3.63, 3.8) is 0 Å². The summed E-state index contributed by atoms with van der Waals surface area (Å²) in [7, 11) is 1.82. The Bertz CT molecular complexity index is 67.3. The van der Waals surface area contributed by atoms with Gasteiger partial charge in [-0.2, -0.15) is 0 Å². The number of methoxy groups -OCH3 is 1. The van der Waals surface area contributed by atoms with Gasteiger partial charge in [-0.15, -0.1) is 0 Å². The molecular formula is C7H16NO+. The lowest BCUT2D eigenvalue weighted by Crippen LogP contribution is -2.83. The molecule has 0 saturated carbocycles. The lowest BCUT2D eigenvalue weighted by Gasteiger charge is -2.08. The molecule has 0 aromatic heterocycles. The van der Waals surface area contributed by atoms with E-state index in [-0.39, 0.29) is 0 Å². The second-order valence-corrected chi connectivity index (χ2v) is 2.65. The number of nitrogens with two attached hydrogens (primary N) is 1. The van der Waals surface area contributed by atoms with Gasteiger partial charge in [0.25, 0.3) is 0 Å². The standard InChI is InChI=1S/C7H15NO/c1-9-7-3-2-5-8-6-4-7/h7-8H,2-6H2,1H3/p+1. The predicted octanol–water partition coefficient (Wildman–Crippen LogP) is -0.251. The second-order valence-electron chi connectivity index (χ2n) is 2.65. The highest BCUT2D eigenvalue weighted by Crippen LogP contribution is 2.04. The molecule has 1 rings (SSSR count). The van der Waals surface area contributed by atoms with E-state index in [4.69, 9.17) is 4.74 Å². The van der Waals surface area contributed by atoms with Gasteiger partial charge in [0.15, 0.2) is 0 Å². The molecule has 0 bridgehead atoms. The molecule has 0 aromatic carbocycles. The van der Waals surface area contributed by atoms with Crippen LogP contribution in [0.2, 0.25) is 0 Å². The van der Waals surface area contributed by atoms with Crippen LogP contribution in [0, 0.1) is 0 Å². The van der Waals surface area contributed by atoms with Crippen molar-refractivity contribution in [2.24, 2.45) is 0 Å². The van der Waals surface area contributed by atoms with Gasteiger partial charge in [0, 0.05) is 13.5 Å². The van der Waals surface area contributed by atoms with Crippen molar-refractivity contribution < 1.29 is 10.1 Å². The summed E-state index contributed by atoms with van der Waals surface area (Å²) in [6, 6.07) is 0. The lowest BCUT2D eigenvalue weighted by atomic mass is 10.2. The van der Waals surface area contributed by atoms with Gasteiger partial charge in [0.2, 0.25) is 0 Å². The van der Waals surface area contributed by atoms with E-state index in [1.807, 2.05) is 7.11 Å². The average Bonchev–Trinajstić information content (AvgIpc) is 2.13. The molecule has 1 unspecified atom stereocenters. The Balaban J connectivity index is 2.18. The van der Waals surface area contributed by atoms with Crippen molar-refractivity contribution in [3.8, 4) is 0 Å². The van der Waals surface area contributed by atoms with Crippen molar-refractivity contribution in [1.82, 2.24) is 0 Å². The van der Waals surface area contributed by atoms with Crippen LogP contribution in [0.25, 0.3) is 0 Å². The van der Waals surface area contributed by atoms with Gasteiger partial charge >= 0.3 is 0 Å². The molecular weight excluding hydrogens is 114 g/mol. The maximum atomic E-state index is 5.25. The van der Waals surface area contributed by atoms with Crippen LogP contribution >= 0.6 is 0 Å². The van der Waals surface area contributed by atoms with E-state index >= 15 is 0 Å². The molecule has 0 aliphatic carbocycles. The number of quaternary nitrogens is 1. The van der Waals surface area contributed by atoms with E-state index in [9.17, 15) is 0 Å². The van der Waals surface area contributed by atoms with Crippen LogP contribution in [0.3, 0.4) is 0 Å². The summed E-state index contributed by atoms with van der Waals surface area (Å²) >= 11 is 0. The van der Waals surface area contributed by atoms with Gasteiger partial charge in [0.1, 0.15) is 0 Å². The van der Waals surface area contributed by atoms with Crippen molar-refractivity contribution in [3.05, 3.63) is 0 Å². The fourth-order valence-corrected chi connectivity index (χ4v) is 1.32. The highest BCUT2D eigenvalue weighted by atomic mass is 16.5. The van der Waals surface area contributed by atoms with E-state index in [1.165, 1.54) is 32.4 Å². The van der Waals surface area contributed by atoms with Crippen LogP contribution < -0.4 is 5.32 Å². The predicted molar refractivity (Wildman–Crippen MR) is 36.3 cm³/mol. The normalized spacial score (nSPS) is 29.7. The smallest absolute Gasteiger partial charge is 0.0780 e. The van der Waals surface area contributed by atoms with Gasteiger partial charge in [-0.25, -0.2) is 0 Å². The molecule has 1 heterocycles. The number of rotatable bonds is 1. The fraction of sp³-hybridized carbons (Fsp3) is 1.00. The van der Waals surface area contributed by atoms with Crippen LogP contribution in [0.1, 0.15) is 19.3 Å². The molecule has 1 aliphatic heterocycles. The maximum Gasteiger partial charge on any atom is 0.0780 e. The minimum absolute atomic E-state index is 0.545. The highest BCUT2D eigenvalue weighted by molar-refractivity contribution is 4.57. The molecule has 2 heteroatoms. The van der Waals surface area contributed by atoms with Gasteiger partial charge < -0.3 is 10.1 Å². The molecule has 1 aliphatic rings. The SMILES string of the molecule is COC1CCC[NH2+]CC1. The van der Waals surface area contributed by atoms with E-state index in [1.54, 1.807) is 0 Å². The van der Waals surface area contributed by atoms with Gasteiger partial charge in [-0.3, -0.25) is 0 Å². The van der Waals surface area contributed by atoms with Crippen molar-refractivity contribution >= 4 is 0 Å². The molecule has 0 aromatic rings. The largest absolute Gasteiger partial charge is 0.381 e. The minimum Gasteiger partial charge on any atom is -0.381 e. The molecule has 2 nitrogen and oxygen atoms in total. The van der Waals surface area contributed by atoms with Crippen molar-refractivity contribution in [2.75, 3.05) is 20.2 Å². The van der Waals surface area contributed by atoms with Crippen LogP contribution in [0.4, 0.5) is 0 Å². The molecule has 0 spiro atoms. The first kappa shape index (κ1) is 7.03. The monoisotopic (exact) mass is 130 g/mol. The summed E-state index contributed by atoms with van der Waals surface area (Å²) in [6.07, 6.45) is 4.35. The Hall–Kier alpha value is -0.0800. The van der Waals surface area contributed by atoms with E-state index in [0.717, 1.165) is 0 Å². The second kappa shape index (κ2) is 3.85. The van der Waals surface area contributed by atoms with E-state index < -0.39 is 0 Å². The Morgan fingerprint density at radius 3 is 3.00 bits per heavy atom. The average molecular weight is 130 g/mol. The first-order valence-corrected chi connectivity index (χ1v) is 3.78. The molecule has 0 radical (unpaired) electrons. The molecule has 1 atom stereocenters. The Kier molecular flexibility index (Phi) is 3.01. The molecule has 9 heavy (non-hydrogen) atoms. The number of ether oxygens (including phenoxy) is 1. The third-order valence-electron chi connectivity index (χ3n) is 1.96. The summed E-state index contributed by atoms with van der Waals surface area (Å²) in [5.41, 5.74) is 0. The molecule has 1 saturated heterocycles. The molecule has 54 valence electrons. The van der Waals surface area contributed by atoms with Crippen LogP contribution in [-0.4, -0.2) is 26.3 Å². The molecule has 0 amide bonds.